The molecule has 3 N–H and O–H groups in total. The van der Waals surface area contributed by atoms with Crippen molar-refractivity contribution in [3.05, 3.63) is 12.2 Å². The number of aliphatic hydroxyl groups is 2. The van der Waals surface area contributed by atoms with E-state index < -0.39 is 12.1 Å². The number of amides is 1. The zero-order valence-corrected chi connectivity index (χ0v) is 53.3. The van der Waals surface area contributed by atoms with Crippen molar-refractivity contribution in [3.8, 4) is 0 Å². The first-order valence-corrected chi connectivity index (χ1v) is 36.4. The Morgan fingerprint density at radius 2 is 0.494 bits per heavy atom. The zero-order valence-electron chi connectivity index (χ0n) is 53.3. The molecule has 0 aromatic rings. The molecule has 0 rings (SSSR count). The summed E-state index contributed by atoms with van der Waals surface area (Å²) in [6.07, 6.45) is 92.9. The summed E-state index contributed by atoms with van der Waals surface area (Å²) < 4.78 is 0. The summed E-state index contributed by atoms with van der Waals surface area (Å²) in [5, 5.41) is 23.5. The minimum absolute atomic E-state index is 0.0199. The van der Waals surface area contributed by atoms with E-state index in [9.17, 15) is 15.0 Å². The minimum Gasteiger partial charge on any atom is -0.394 e. The maximum Gasteiger partial charge on any atom is 0.220 e. The van der Waals surface area contributed by atoms with Crippen LogP contribution in [0, 0.1) is 0 Å². The zero-order chi connectivity index (χ0) is 55.5. The normalized spacial score (nSPS) is 12.6. The molecule has 0 radical (unpaired) electrons. The van der Waals surface area contributed by atoms with Crippen LogP contribution in [0.25, 0.3) is 0 Å². The second-order valence-corrected chi connectivity index (χ2v) is 25.4. The molecule has 460 valence electrons. The van der Waals surface area contributed by atoms with Crippen molar-refractivity contribution in [2.45, 2.75) is 443 Å². The average Bonchev–Trinajstić information content (AvgIpc) is 3.43. The number of unbranched alkanes of at least 4 members (excludes halogenated alkanes) is 60. The van der Waals surface area contributed by atoms with Crippen molar-refractivity contribution in [3.63, 3.8) is 0 Å². The molecular formula is C73H145NO3. The number of rotatable bonds is 69. The Morgan fingerprint density at radius 1 is 0.299 bits per heavy atom. The Balaban J connectivity index is 3.34. The maximum absolute atomic E-state index is 12.6. The number of allylic oxidation sites excluding steroid dienone is 2. The summed E-state index contributed by atoms with van der Waals surface area (Å²) in [6, 6.07) is -0.534. The first-order chi connectivity index (χ1) is 38.2. The third-order valence-corrected chi connectivity index (χ3v) is 17.5. The molecule has 0 fully saturated rings. The summed E-state index contributed by atoms with van der Waals surface area (Å²) in [4.78, 5) is 12.6. The van der Waals surface area contributed by atoms with E-state index in [1.807, 2.05) is 0 Å². The molecule has 0 spiro atoms. The molecule has 0 aromatic heterocycles. The average molecular weight is 1080 g/mol. The molecule has 1 amide bonds. The second kappa shape index (κ2) is 69.4. The fourth-order valence-corrected chi connectivity index (χ4v) is 12.0. The Morgan fingerprint density at radius 3 is 0.714 bits per heavy atom. The second-order valence-electron chi connectivity index (χ2n) is 25.4. The third kappa shape index (κ3) is 65.8. The van der Waals surface area contributed by atoms with Gasteiger partial charge in [-0.3, -0.25) is 4.79 Å². The van der Waals surface area contributed by atoms with Crippen molar-refractivity contribution in [2.75, 3.05) is 6.61 Å². The van der Waals surface area contributed by atoms with Crippen molar-refractivity contribution < 1.29 is 15.0 Å². The first kappa shape index (κ1) is 76.1. The first-order valence-electron chi connectivity index (χ1n) is 36.4. The molecule has 0 aromatic carbocycles. The van der Waals surface area contributed by atoms with Gasteiger partial charge in [-0.05, 0) is 38.5 Å². The van der Waals surface area contributed by atoms with E-state index in [2.05, 4.69) is 31.3 Å². The Kier molecular flexibility index (Phi) is 68.6. The van der Waals surface area contributed by atoms with Gasteiger partial charge in [-0.15, -0.1) is 0 Å². The number of nitrogens with one attached hydrogen (secondary N) is 1. The number of carbonyl (C=O) groups is 1. The van der Waals surface area contributed by atoms with Crippen LogP contribution in [0.15, 0.2) is 12.2 Å². The lowest BCUT2D eigenvalue weighted by molar-refractivity contribution is -0.123. The van der Waals surface area contributed by atoms with Gasteiger partial charge in [0.15, 0.2) is 0 Å². The topological polar surface area (TPSA) is 69.6 Å². The van der Waals surface area contributed by atoms with Gasteiger partial charge >= 0.3 is 0 Å². The number of aliphatic hydroxyl groups excluding tert-OH is 2. The molecule has 0 saturated carbocycles. The number of hydrogen-bond acceptors (Lipinski definition) is 3. The quantitative estimate of drug-likeness (QED) is 0.0420. The van der Waals surface area contributed by atoms with Crippen LogP contribution in [0.3, 0.4) is 0 Å². The van der Waals surface area contributed by atoms with E-state index in [0.717, 1.165) is 25.7 Å². The molecule has 77 heavy (non-hydrogen) atoms. The van der Waals surface area contributed by atoms with Gasteiger partial charge in [0.2, 0.25) is 5.91 Å². The van der Waals surface area contributed by atoms with E-state index in [1.54, 1.807) is 0 Å². The van der Waals surface area contributed by atoms with Gasteiger partial charge in [-0.2, -0.15) is 0 Å². The Hall–Kier alpha value is -0.870. The van der Waals surface area contributed by atoms with Crippen LogP contribution in [0.5, 0.6) is 0 Å². The molecule has 4 heteroatoms. The van der Waals surface area contributed by atoms with Crippen LogP contribution in [-0.4, -0.2) is 34.9 Å². The fraction of sp³-hybridized carbons (Fsp3) is 0.959. The van der Waals surface area contributed by atoms with Crippen LogP contribution < -0.4 is 5.32 Å². The predicted molar refractivity (Wildman–Crippen MR) is 346 cm³/mol. The van der Waals surface area contributed by atoms with Gasteiger partial charge in [0.05, 0.1) is 18.8 Å². The molecule has 0 aliphatic heterocycles. The smallest absolute Gasteiger partial charge is 0.220 e. The summed E-state index contributed by atoms with van der Waals surface area (Å²) in [6.45, 7) is 4.41. The van der Waals surface area contributed by atoms with E-state index in [4.69, 9.17) is 0 Å². The number of hydrogen-bond donors (Lipinski definition) is 3. The molecule has 2 unspecified atom stereocenters. The molecule has 4 nitrogen and oxygen atoms in total. The van der Waals surface area contributed by atoms with Gasteiger partial charge in [0.1, 0.15) is 0 Å². The maximum atomic E-state index is 12.6. The summed E-state index contributed by atoms with van der Waals surface area (Å²) in [5.41, 5.74) is 0. The molecular weight excluding hydrogens is 939 g/mol. The SMILES string of the molecule is CCCCCCCCCC/C=C\CCCCCCCCCCCCCCCCCCCCCCCCCCCCCCCC(=O)NC(CO)C(O)CCCCCCCCCCCCCCCCCCCCCCCCCC. The van der Waals surface area contributed by atoms with Gasteiger partial charge < -0.3 is 15.5 Å². The predicted octanol–water partition coefficient (Wildman–Crippen LogP) is 24.8. The van der Waals surface area contributed by atoms with Crippen molar-refractivity contribution in [1.29, 1.82) is 0 Å². The highest BCUT2D eigenvalue weighted by atomic mass is 16.3. The summed E-state index contributed by atoms with van der Waals surface area (Å²) >= 11 is 0. The largest absolute Gasteiger partial charge is 0.394 e. The van der Waals surface area contributed by atoms with Crippen LogP contribution in [0.4, 0.5) is 0 Å². The monoisotopic (exact) mass is 1080 g/mol. The van der Waals surface area contributed by atoms with Crippen molar-refractivity contribution >= 4 is 5.91 Å². The third-order valence-electron chi connectivity index (χ3n) is 17.5. The highest BCUT2D eigenvalue weighted by Crippen LogP contribution is 2.20. The van der Waals surface area contributed by atoms with Gasteiger partial charge in [-0.1, -0.05) is 398 Å². The van der Waals surface area contributed by atoms with E-state index in [1.165, 1.54) is 379 Å². The summed E-state index contributed by atoms with van der Waals surface area (Å²) in [5.74, 6) is -0.0199. The van der Waals surface area contributed by atoms with Gasteiger partial charge in [0, 0.05) is 6.42 Å². The van der Waals surface area contributed by atoms with E-state index >= 15 is 0 Å². The molecule has 0 aliphatic rings. The summed E-state index contributed by atoms with van der Waals surface area (Å²) in [7, 11) is 0. The standard InChI is InChI=1S/C73H145NO3/c1-3-5-7-9-11-13-15-17-19-21-23-25-27-29-30-31-32-33-34-35-36-37-38-39-40-41-42-43-44-45-47-49-51-53-55-57-59-61-63-65-67-69-73(77)74-71(70-75)72(76)68-66-64-62-60-58-56-54-52-50-48-46-28-26-24-22-20-18-16-14-12-10-8-6-4-2/h21,23,71-72,75-76H,3-20,22,24-70H2,1-2H3,(H,74,77)/b23-21-. The van der Waals surface area contributed by atoms with Crippen molar-refractivity contribution in [2.24, 2.45) is 0 Å². The lowest BCUT2D eigenvalue weighted by atomic mass is 10.0. The molecule has 2 atom stereocenters. The van der Waals surface area contributed by atoms with Crippen LogP contribution >= 0.6 is 0 Å². The van der Waals surface area contributed by atoms with E-state index in [-0.39, 0.29) is 12.5 Å². The molecule has 0 saturated heterocycles. The molecule has 0 bridgehead atoms. The van der Waals surface area contributed by atoms with Gasteiger partial charge in [-0.25, -0.2) is 0 Å². The van der Waals surface area contributed by atoms with Crippen molar-refractivity contribution in [1.82, 2.24) is 5.32 Å². The Bertz CT molecular complexity index is 1090. The van der Waals surface area contributed by atoms with Crippen LogP contribution in [-0.2, 0) is 4.79 Å². The lowest BCUT2D eigenvalue weighted by Gasteiger charge is -2.22. The lowest BCUT2D eigenvalue weighted by Crippen LogP contribution is -2.45. The minimum atomic E-state index is -0.657. The number of carbonyl (C=O) groups excluding carboxylic acids is 1. The van der Waals surface area contributed by atoms with Gasteiger partial charge in [0.25, 0.3) is 0 Å². The highest BCUT2D eigenvalue weighted by Gasteiger charge is 2.20. The molecule has 0 aliphatic carbocycles. The highest BCUT2D eigenvalue weighted by molar-refractivity contribution is 5.76. The van der Waals surface area contributed by atoms with Crippen LogP contribution in [0.2, 0.25) is 0 Å². The Labute approximate surface area is 486 Å². The fourth-order valence-electron chi connectivity index (χ4n) is 12.0. The van der Waals surface area contributed by atoms with E-state index in [0.29, 0.717) is 12.8 Å². The molecule has 0 heterocycles. The van der Waals surface area contributed by atoms with Crippen LogP contribution in [0.1, 0.15) is 431 Å².